The molecule has 4 fully saturated rings. The Morgan fingerprint density at radius 1 is 1.08 bits per heavy atom. The van der Waals surface area contributed by atoms with E-state index in [-0.39, 0.29) is 22.9 Å². The lowest BCUT2D eigenvalue weighted by Crippen LogP contribution is -2.51. The summed E-state index contributed by atoms with van der Waals surface area (Å²) in [5.41, 5.74) is 2.02. The van der Waals surface area contributed by atoms with E-state index in [2.05, 4.69) is 19.9 Å². The van der Waals surface area contributed by atoms with Gasteiger partial charge in [0, 0.05) is 24.2 Å². The number of hydrogen-bond acceptors (Lipinski definition) is 2. The Morgan fingerprint density at radius 3 is 2.54 bits per heavy atom. The van der Waals surface area contributed by atoms with E-state index in [4.69, 9.17) is 27.9 Å². The highest BCUT2D eigenvalue weighted by Gasteiger charge is 2.71. The van der Waals surface area contributed by atoms with Crippen LogP contribution in [0.15, 0.2) is 11.6 Å². The molecule has 0 amide bonds. The van der Waals surface area contributed by atoms with Crippen molar-refractivity contribution in [3.8, 4) is 0 Å². The average molecular weight is 397 g/mol. The molecule has 0 unspecified atom stereocenters. The summed E-state index contributed by atoms with van der Waals surface area (Å²) in [6.07, 6.45) is 10.9. The number of halogens is 2. The minimum Gasteiger partial charge on any atom is -0.462 e. The van der Waals surface area contributed by atoms with Crippen LogP contribution in [-0.2, 0) is 9.53 Å². The van der Waals surface area contributed by atoms with Gasteiger partial charge in [-0.05, 0) is 68.1 Å². The quantitative estimate of drug-likeness (QED) is 0.312. The van der Waals surface area contributed by atoms with Gasteiger partial charge in [0.1, 0.15) is 10.4 Å². The minimum absolute atomic E-state index is 0.113. The van der Waals surface area contributed by atoms with Gasteiger partial charge >= 0.3 is 5.97 Å². The molecule has 0 bridgehead atoms. The first kappa shape index (κ1) is 17.9. The third-order valence-electron chi connectivity index (χ3n) is 9.26. The van der Waals surface area contributed by atoms with Crippen LogP contribution >= 0.6 is 23.2 Å². The molecule has 0 N–H and O–H groups in total. The third kappa shape index (κ3) is 2.15. The summed E-state index contributed by atoms with van der Waals surface area (Å²) in [6.45, 7) is 6.43. The summed E-state index contributed by atoms with van der Waals surface area (Å²) in [4.78, 5) is 11.6. The minimum atomic E-state index is -0.507. The number of rotatable bonds is 1. The highest BCUT2D eigenvalue weighted by molar-refractivity contribution is 6.51. The van der Waals surface area contributed by atoms with Gasteiger partial charge in [-0.3, -0.25) is 4.79 Å². The Morgan fingerprint density at radius 2 is 1.81 bits per heavy atom. The molecule has 5 aliphatic rings. The van der Waals surface area contributed by atoms with Gasteiger partial charge in [0.25, 0.3) is 0 Å². The lowest BCUT2D eigenvalue weighted by molar-refractivity contribution is -0.156. The number of allylic oxidation sites excluding steroid dienone is 2. The predicted molar refractivity (Wildman–Crippen MR) is 104 cm³/mol. The molecule has 0 spiro atoms. The van der Waals surface area contributed by atoms with Gasteiger partial charge in [-0.25, -0.2) is 0 Å². The second-order valence-electron chi connectivity index (χ2n) is 10.2. The van der Waals surface area contributed by atoms with Crippen LogP contribution in [0.2, 0.25) is 0 Å². The summed E-state index contributed by atoms with van der Waals surface area (Å²) in [7, 11) is 0. The van der Waals surface area contributed by atoms with E-state index in [9.17, 15) is 4.79 Å². The molecule has 0 radical (unpaired) electrons. The van der Waals surface area contributed by atoms with E-state index in [1.54, 1.807) is 12.5 Å². The van der Waals surface area contributed by atoms with Gasteiger partial charge in [0.05, 0.1) is 0 Å². The first-order chi connectivity index (χ1) is 12.2. The monoisotopic (exact) mass is 396 g/mol. The summed E-state index contributed by atoms with van der Waals surface area (Å²) < 4.78 is 5.25. The standard InChI is InChI=1S/C22H30Cl2O2/c1-12(25)26-18-7-6-14-13-4-5-16-19-17(22(19,23)24)9-10-20(16,2)15(13)8-11-21(14,18)3/h5,13-15,17-19H,4,6-11H2,1-3H3/t13-,14-,15-,17-,18-,19+,20+,21-/m0/s1. The van der Waals surface area contributed by atoms with Crippen LogP contribution < -0.4 is 0 Å². The third-order valence-corrected chi connectivity index (χ3v) is 10.3. The van der Waals surface area contributed by atoms with Crippen molar-refractivity contribution >= 4 is 29.2 Å². The molecule has 4 heteroatoms. The molecule has 8 atom stereocenters. The number of alkyl halides is 2. The maximum Gasteiger partial charge on any atom is 0.302 e. The van der Waals surface area contributed by atoms with E-state index in [1.165, 1.54) is 32.1 Å². The molecule has 2 nitrogen and oxygen atoms in total. The van der Waals surface area contributed by atoms with Crippen LogP contribution in [0.25, 0.3) is 0 Å². The Bertz CT molecular complexity index is 686. The molecule has 5 aliphatic carbocycles. The molecule has 26 heavy (non-hydrogen) atoms. The van der Waals surface area contributed by atoms with Crippen LogP contribution in [0.5, 0.6) is 0 Å². The van der Waals surface area contributed by atoms with E-state index in [0.717, 1.165) is 24.7 Å². The zero-order valence-electron chi connectivity index (χ0n) is 16.1. The highest BCUT2D eigenvalue weighted by Crippen LogP contribution is 2.75. The zero-order valence-corrected chi connectivity index (χ0v) is 17.6. The fourth-order valence-electron chi connectivity index (χ4n) is 7.90. The lowest BCUT2D eigenvalue weighted by atomic mass is 9.48. The molecular formula is C22H30Cl2O2. The van der Waals surface area contributed by atoms with Gasteiger partial charge in [-0.1, -0.05) is 25.5 Å². The van der Waals surface area contributed by atoms with Crippen LogP contribution in [0.1, 0.15) is 65.7 Å². The first-order valence-corrected chi connectivity index (χ1v) is 11.2. The Balaban J connectivity index is 1.46. The van der Waals surface area contributed by atoms with Crippen molar-refractivity contribution in [1.82, 2.24) is 0 Å². The van der Waals surface area contributed by atoms with Gasteiger partial charge in [-0.2, -0.15) is 0 Å². The van der Waals surface area contributed by atoms with Crippen LogP contribution in [0.4, 0.5) is 0 Å². The van der Waals surface area contributed by atoms with Gasteiger partial charge in [0.2, 0.25) is 0 Å². The normalized spacial score (nSPS) is 53.5. The topological polar surface area (TPSA) is 26.3 Å². The number of carbonyl (C=O) groups excluding carboxylic acids is 1. The average Bonchev–Trinajstić information content (AvgIpc) is 2.96. The molecule has 0 aliphatic heterocycles. The van der Waals surface area contributed by atoms with Crippen molar-refractivity contribution < 1.29 is 9.53 Å². The van der Waals surface area contributed by atoms with Crippen LogP contribution in [0.3, 0.4) is 0 Å². The van der Waals surface area contributed by atoms with Crippen molar-refractivity contribution in [2.24, 2.45) is 40.4 Å². The maximum absolute atomic E-state index is 11.6. The number of fused-ring (bicyclic) bond motifs is 7. The fraction of sp³-hybridized carbons (Fsp3) is 0.864. The largest absolute Gasteiger partial charge is 0.462 e. The summed E-state index contributed by atoms with van der Waals surface area (Å²) in [6, 6.07) is 0. The SMILES string of the molecule is CC(=O)O[C@H]1CC[C@H]2[C@@H]3CC=C4[C@@H]5[C@H](CC[C@]4(C)[C@H]3CC[C@]12C)C5(Cl)Cl. The molecule has 0 heterocycles. The lowest BCUT2D eigenvalue weighted by Gasteiger charge is -2.57. The van der Waals surface area contributed by atoms with Crippen molar-refractivity contribution in [3.63, 3.8) is 0 Å². The number of ether oxygens (including phenoxy) is 1. The van der Waals surface area contributed by atoms with Crippen LogP contribution in [-0.4, -0.2) is 16.4 Å². The molecule has 0 aromatic rings. The van der Waals surface area contributed by atoms with E-state index in [1.807, 2.05) is 0 Å². The van der Waals surface area contributed by atoms with Crippen LogP contribution in [0, 0.1) is 40.4 Å². The first-order valence-electron chi connectivity index (χ1n) is 10.4. The Kier molecular flexibility index (Phi) is 3.74. The molecule has 5 rings (SSSR count). The van der Waals surface area contributed by atoms with Gasteiger partial charge in [-0.15, -0.1) is 23.2 Å². The Labute approximate surface area is 167 Å². The summed E-state index contributed by atoms with van der Waals surface area (Å²) >= 11 is 13.3. The number of esters is 1. The van der Waals surface area contributed by atoms with E-state index < -0.39 is 4.33 Å². The Hall–Kier alpha value is -0.210. The second-order valence-corrected chi connectivity index (χ2v) is 11.7. The van der Waals surface area contributed by atoms with E-state index >= 15 is 0 Å². The fourth-order valence-corrected chi connectivity index (χ4v) is 8.79. The molecule has 0 aromatic heterocycles. The van der Waals surface area contributed by atoms with Crippen molar-refractivity contribution in [2.45, 2.75) is 76.2 Å². The van der Waals surface area contributed by atoms with Crippen molar-refractivity contribution in [3.05, 3.63) is 11.6 Å². The molecule has 0 aromatic carbocycles. The maximum atomic E-state index is 11.6. The highest BCUT2D eigenvalue weighted by atomic mass is 35.5. The molecule has 0 saturated heterocycles. The number of carbonyl (C=O) groups is 1. The second kappa shape index (κ2) is 5.44. The van der Waals surface area contributed by atoms with Crippen molar-refractivity contribution in [1.29, 1.82) is 0 Å². The van der Waals surface area contributed by atoms with Gasteiger partial charge < -0.3 is 4.74 Å². The molecular weight excluding hydrogens is 367 g/mol. The zero-order chi connectivity index (χ0) is 18.5. The van der Waals surface area contributed by atoms with Crippen molar-refractivity contribution in [2.75, 3.05) is 0 Å². The smallest absolute Gasteiger partial charge is 0.302 e. The summed E-state index contributed by atoms with van der Waals surface area (Å²) in [5.74, 6) is 2.89. The van der Waals surface area contributed by atoms with Gasteiger partial charge in [0.15, 0.2) is 0 Å². The van der Waals surface area contributed by atoms with E-state index in [0.29, 0.717) is 17.8 Å². The number of hydrogen-bond donors (Lipinski definition) is 0. The molecule has 4 saturated carbocycles. The predicted octanol–water partition coefficient (Wildman–Crippen LogP) is 5.91. The summed E-state index contributed by atoms with van der Waals surface area (Å²) in [5, 5.41) is 0. The molecule has 144 valence electrons.